The van der Waals surface area contributed by atoms with Crippen LogP contribution in [0, 0.1) is 34.5 Å². The largest absolute Gasteiger partial charge is 0.461 e. The van der Waals surface area contributed by atoms with E-state index in [0.29, 0.717) is 36.4 Å². The molecule has 0 amide bonds. The molecule has 7 atom stereocenters. The molecule has 0 radical (unpaired) electrons. The molecule has 4 saturated carbocycles. The highest BCUT2D eigenvalue weighted by Crippen LogP contribution is 2.64. The molecular formula is C21H32N2O4. The maximum Gasteiger partial charge on any atom is 0.319 e. The van der Waals surface area contributed by atoms with E-state index in [4.69, 9.17) is 10.5 Å². The Morgan fingerprint density at radius 2 is 2.04 bits per heavy atom. The average molecular weight is 376 g/mol. The third kappa shape index (κ3) is 2.74. The van der Waals surface area contributed by atoms with Crippen LogP contribution < -0.4 is 5.73 Å². The third-order valence-electron chi connectivity index (χ3n) is 8.73. The van der Waals surface area contributed by atoms with E-state index in [1.807, 2.05) is 0 Å². The van der Waals surface area contributed by atoms with Gasteiger partial charge in [0.05, 0.1) is 12.3 Å². The van der Waals surface area contributed by atoms with Gasteiger partial charge in [-0.25, -0.2) is 0 Å². The molecule has 150 valence electrons. The Morgan fingerprint density at radius 3 is 2.74 bits per heavy atom. The number of carbonyl (C=O) groups is 2. The molecular weight excluding hydrogens is 344 g/mol. The van der Waals surface area contributed by atoms with Crippen molar-refractivity contribution in [1.29, 1.82) is 0 Å². The Hall–Kier alpha value is -1.43. The Morgan fingerprint density at radius 1 is 1.26 bits per heavy atom. The van der Waals surface area contributed by atoms with Crippen LogP contribution in [-0.2, 0) is 14.3 Å². The van der Waals surface area contributed by atoms with Gasteiger partial charge in [-0.1, -0.05) is 19.0 Å². The maximum absolute atomic E-state index is 12.6. The molecule has 6 nitrogen and oxygen atoms in total. The number of oxime groups is 1. The van der Waals surface area contributed by atoms with Crippen molar-refractivity contribution in [2.75, 3.05) is 6.54 Å². The number of nitrogens with zero attached hydrogens (tertiary/aromatic N) is 1. The number of esters is 1. The molecule has 0 saturated heterocycles. The molecule has 0 aromatic rings. The van der Waals surface area contributed by atoms with E-state index in [2.05, 4.69) is 19.0 Å². The van der Waals surface area contributed by atoms with E-state index in [9.17, 15) is 14.8 Å². The number of hydrogen-bond donors (Lipinski definition) is 2. The molecule has 4 fully saturated rings. The standard InChI is InChI=1S/C21H32N2O4/c1-20-7-5-12(27-19(25)11-22)9-16(20)17(23-26)10-13-14-3-4-18(24)21(14,2)8-6-15(13)20/h12-16,26H,3-11,22H2,1-2H3/b23-17+/t12?,13-,14-,15-,16+,20+,21-/m0/s1. The van der Waals surface area contributed by atoms with Crippen LogP contribution in [0.15, 0.2) is 5.16 Å². The monoisotopic (exact) mass is 376 g/mol. The molecule has 4 aliphatic carbocycles. The van der Waals surface area contributed by atoms with Gasteiger partial charge >= 0.3 is 5.97 Å². The summed E-state index contributed by atoms with van der Waals surface area (Å²) in [5.41, 5.74) is 6.10. The first-order chi connectivity index (χ1) is 12.8. The van der Waals surface area contributed by atoms with Crippen molar-refractivity contribution >= 4 is 17.5 Å². The van der Waals surface area contributed by atoms with Crippen molar-refractivity contribution in [2.45, 2.75) is 71.3 Å². The first kappa shape index (κ1) is 18.9. The number of Topliss-reactive ketones (excluding diaryl/α,β-unsaturated/α-hetero) is 1. The van der Waals surface area contributed by atoms with Crippen molar-refractivity contribution in [2.24, 2.45) is 45.4 Å². The number of rotatable bonds is 2. The van der Waals surface area contributed by atoms with Gasteiger partial charge in [0.2, 0.25) is 0 Å². The number of ketones is 1. The summed E-state index contributed by atoms with van der Waals surface area (Å²) >= 11 is 0. The maximum atomic E-state index is 12.6. The van der Waals surface area contributed by atoms with Crippen LogP contribution in [0.2, 0.25) is 0 Å². The zero-order chi connectivity index (χ0) is 19.4. The lowest BCUT2D eigenvalue weighted by molar-refractivity contribution is -0.154. The first-order valence-electron chi connectivity index (χ1n) is 10.5. The number of carbonyl (C=O) groups excluding carboxylic acids is 2. The van der Waals surface area contributed by atoms with Crippen molar-refractivity contribution < 1.29 is 19.5 Å². The lowest BCUT2D eigenvalue weighted by Gasteiger charge is -2.60. The fourth-order valence-electron chi connectivity index (χ4n) is 7.25. The third-order valence-corrected chi connectivity index (χ3v) is 8.73. The molecule has 0 bridgehead atoms. The quantitative estimate of drug-likeness (QED) is 0.438. The van der Waals surface area contributed by atoms with Gasteiger partial charge in [-0.3, -0.25) is 9.59 Å². The molecule has 4 rings (SSSR count). The van der Waals surface area contributed by atoms with Crippen molar-refractivity contribution in [3.05, 3.63) is 0 Å². The molecule has 0 aromatic heterocycles. The van der Waals surface area contributed by atoms with Gasteiger partial charge in [0, 0.05) is 17.8 Å². The Balaban J connectivity index is 1.61. The van der Waals surface area contributed by atoms with E-state index in [0.717, 1.165) is 44.2 Å². The molecule has 0 spiro atoms. The summed E-state index contributed by atoms with van der Waals surface area (Å²) in [6, 6.07) is 0. The molecule has 0 aliphatic heterocycles. The molecule has 6 heteroatoms. The molecule has 27 heavy (non-hydrogen) atoms. The van der Waals surface area contributed by atoms with E-state index in [1.54, 1.807) is 0 Å². The van der Waals surface area contributed by atoms with Gasteiger partial charge in [0.1, 0.15) is 11.9 Å². The molecule has 4 aliphatic rings. The van der Waals surface area contributed by atoms with Crippen LogP contribution in [0.25, 0.3) is 0 Å². The zero-order valence-electron chi connectivity index (χ0n) is 16.4. The smallest absolute Gasteiger partial charge is 0.319 e. The Bertz CT molecular complexity index is 677. The van der Waals surface area contributed by atoms with Crippen molar-refractivity contribution in [3.8, 4) is 0 Å². The van der Waals surface area contributed by atoms with E-state index >= 15 is 0 Å². The summed E-state index contributed by atoms with van der Waals surface area (Å²) in [6.45, 7) is 4.40. The van der Waals surface area contributed by atoms with E-state index < -0.39 is 0 Å². The van der Waals surface area contributed by atoms with Crippen LogP contribution in [-0.4, -0.2) is 35.3 Å². The molecule has 0 aromatic carbocycles. The number of hydrogen-bond acceptors (Lipinski definition) is 6. The van der Waals surface area contributed by atoms with Gasteiger partial charge in [0.25, 0.3) is 0 Å². The van der Waals surface area contributed by atoms with Crippen molar-refractivity contribution in [3.63, 3.8) is 0 Å². The van der Waals surface area contributed by atoms with Gasteiger partial charge < -0.3 is 15.7 Å². The van der Waals surface area contributed by atoms with E-state index in [1.165, 1.54) is 0 Å². The fourth-order valence-corrected chi connectivity index (χ4v) is 7.25. The molecule has 0 heterocycles. The molecule has 1 unspecified atom stereocenters. The van der Waals surface area contributed by atoms with Gasteiger partial charge in [-0.2, -0.15) is 0 Å². The molecule has 3 N–H and O–H groups in total. The van der Waals surface area contributed by atoms with Crippen LogP contribution in [0.3, 0.4) is 0 Å². The van der Waals surface area contributed by atoms with E-state index in [-0.39, 0.29) is 35.4 Å². The summed E-state index contributed by atoms with van der Waals surface area (Å²) < 4.78 is 5.52. The number of ether oxygens (including phenoxy) is 1. The van der Waals surface area contributed by atoms with Gasteiger partial charge in [-0.05, 0) is 68.1 Å². The predicted molar refractivity (Wildman–Crippen MR) is 100 cm³/mol. The lowest BCUT2D eigenvalue weighted by atomic mass is 9.44. The van der Waals surface area contributed by atoms with Gasteiger partial charge in [0.15, 0.2) is 0 Å². The second-order valence-electron chi connectivity index (χ2n) is 9.74. The Kier molecular flexibility index (Phi) is 4.60. The summed E-state index contributed by atoms with van der Waals surface area (Å²) in [7, 11) is 0. The fraction of sp³-hybridized carbons (Fsp3) is 0.857. The van der Waals surface area contributed by atoms with Crippen LogP contribution in [0.5, 0.6) is 0 Å². The number of nitrogens with two attached hydrogens (primary N) is 1. The highest BCUT2D eigenvalue weighted by Gasteiger charge is 2.62. The summed E-state index contributed by atoms with van der Waals surface area (Å²) in [5, 5.41) is 13.5. The van der Waals surface area contributed by atoms with Crippen LogP contribution in [0.1, 0.15) is 65.2 Å². The van der Waals surface area contributed by atoms with Crippen LogP contribution >= 0.6 is 0 Å². The summed E-state index contributed by atoms with van der Waals surface area (Å²) in [5.74, 6) is 1.57. The average Bonchev–Trinajstić information content (AvgIpc) is 2.96. The summed E-state index contributed by atoms with van der Waals surface area (Å²) in [6.07, 6.45) is 6.87. The Labute approximate surface area is 160 Å². The summed E-state index contributed by atoms with van der Waals surface area (Å²) in [4.78, 5) is 24.2. The minimum absolute atomic E-state index is 0.0447. The second kappa shape index (κ2) is 6.57. The minimum atomic E-state index is -0.363. The van der Waals surface area contributed by atoms with Gasteiger partial charge in [-0.15, -0.1) is 0 Å². The number of fused-ring (bicyclic) bond motifs is 5. The minimum Gasteiger partial charge on any atom is -0.461 e. The first-order valence-corrected chi connectivity index (χ1v) is 10.5. The van der Waals surface area contributed by atoms with Crippen LogP contribution in [0.4, 0.5) is 0 Å². The second-order valence-corrected chi connectivity index (χ2v) is 9.74. The zero-order valence-corrected chi connectivity index (χ0v) is 16.4. The topological polar surface area (TPSA) is 102 Å². The van der Waals surface area contributed by atoms with Crippen molar-refractivity contribution in [1.82, 2.24) is 0 Å². The lowest BCUT2D eigenvalue weighted by Crippen LogP contribution is -2.57. The SMILES string of the molecule is C[C@]12CCC(OC(=O)CN)C[C@@H]1/C(=N/O)C[C@@H]1[C@@H]2CC[C@]2(C)C(=O)CC[C@@H]12. The normalized spacial score (nSPS) is 47.9. The highest BCUT2D eigenvalue weighted by atomic mass is 16.5. The predicted octanol–water partition coefficient (Wildman–Crippen LogP) is 2.91. The highest BCUT2D eigenvalue weighted by molar-refractivity contribution is 5.90.